The summed E-state index contributed by atoms with van der Waals surface area (Å²) in [5.41, 5.74) is 21.8. The molecule has 2 rings (SSSR count). The van der Waals surface area contributed by atoms with Gasteiger partial charge < -0.3 is 17.2 Å². The molecule has 0 aliphatic carbocycles. The van der Waals surface area contributed by atoms with E-state index in [9.17, 15) is 0 Å². The fourth-order valence-electron chi connectivity index (χ4n) is 1.67. The first-order valence-corrected chi connectivity index (χ1v) is 5.14. The van der Waals surface area contributed by atoms with Crippen LogP contribution in [-0.4, -0.2) is 0 Å². The van der Waals surface area contributed by atoms with Crippen molar-refractivity contribution in [2.45, 2.75) is 6.42 Å². The molecule has 0 fully saturated rings. The number of benzene rings is 2. The van der Waals surface area contributed by atoms with Crippen molar-refractivity contribution in [3.63, 3.8) is 0 Å². The second-order valence-corrected chi connectivity index (χ2v) is 3.83. The molecule has 2 aromatic rings. The maximum absolute atomic E-state index is 5.89. The van der Waals surface area contributed by atoms with Gasteiger partial charge in [-0.15, -0.1) is 0 Å². The van der Waals surface area contributed by atoms with Crippen LogP contribution < -0.4 is 17.2 Å². The zero-order valence-electron chi connectivity index (χ0n) is 8.98. The van der Waals surface area contributed by atoms with Gasteiger partial charge in [-0.1, -0.05) is 18.2 Å². The number of nitrogen functional groups attached to an aromatic ring is 3. The van der Waals surface area contributed by atoms with Gasteiger partial charge in [-0.25, -0.2) is 0 Å². The lowest BCUT2D eigenvalue weighted by atomic mass is 10.0. The Morgan fingerprint density at radius 1 is 0.750 bits per heavy atom. The Balaban J connectivity index is 2.30. The molecule has 0 heterocycles. The van der Waals surface area contributed by atoms with Crippen molar-refractivity contribution in [3.8, 4) is 0 Å². The second kappa shape index (κ2) is 4.14. The summed E-state index contributed by atoms with van der Waals surface area (Å²) in [6.45, 7) is 0. The molecule has 0 radical (unpaired) electrons. The fraction of sp³-hybridized carbons (Fsp3) is 0.0769. The normalized spacial score (nSPS) is 10.2. The molecule has 2 aromatic carbocycles. The van der Waals surface area contributed by atoms with Crippen molar-refractivity contribution in [2.75, 3.05) is 17.2 Å². The molecule has 3 heteroatoms. The van der Waals surface area contributed by atoms with Crippen molar-refractivity contribution >= 4 is 17.1 Å². The van der Waals surface area contributed by atoms with E-state index in [0.717, 1.165) is 34.6 Å². The third kappa shape index (κ3) is 2.08. The quantitative estimate of drug-likeness (QED) is 0.668. The molecule has 0 aliphatic heterocycles. The van der Waals surface area contributed by atoms with Gasteiger partial charge in [0.15, 0.2) is 0 Å². The molecule has 0 atom stereocenters. The SMILES string of the molecule is Nc1ccc(Cc2c(N)cccc2N)cc1. The highest BCUT2D eigenvalue weighted by atomic mass is 14.6. The summed E-state index contributed by atoms with van der Waals surface area (Å²) in [7, 11) is 0. The minimum atomic E-state index is 0.733. The minimum absolute atomic E-state index is 0.733. The number of rotatable bonds is 2. The highest BCUT2D eigenvalue weighted by molar-refractivity contribution is 5.62. The van der Waals surface area contributed by atoms with Crippen LogP contribution in [0, 0.1) is 0 Å². The molecule has 0 aliphatic rings. The summed E-state index contributed by atoms with van der Waals surface area (Å²) in [6, 6.07) is 13.3. The predicted octanol–water partition coefficient (Wildman–Crippen LogP) is 2.02. The van der Waals surface area contributed by atoms with Crippen LogP contribution in [0.4, 0.5) is 17.1 Å². The van der Waals surface area contributed by atoms with Gasteiger partial charge in [-0.3, -0.25) is 0 Å². The monoisotopic (exact) mass is 213 g/mol. The van der Waals surface area contributed by atoms with Gasteiger partial charge in [0.05, 0.1) is 0 Å². The van der Waals surface area contributed by atoms with Crippen molar-refractivity contribution in [1.82, 2.24) is 0 Å². The minimum Gasteiger partial charge on any atom is -0.399 e. The molecule has 3 nitrogen and oxygen atoms in total. The van der Waals surface area contributed by atoms with Crippen molar-refractivity contribution in [3.05, 3.63) is 53.6 Å². The van der Waals surface area contributed by atoms with Crippen LogP contribution in [0.5, 0.6) is 0 Å². The zero-order valence-corrected chi connectivity index (χ0v) is 8.98. The Kier molecular flexibility index (Phi) is 2.68. The molecule has 0 bridgehead atoms. The van der Waals surface area contributed by atoms with E-state index in [0.29, 0.717) is 0 Å². The lowest BCUT2D eigenvalue weighted by Crippen LogP contribution is -2.01. The number of nitrogens with two attached hydrogens (primary N) is 3. The van der Waals surface area contributed by atoms with Crippen molar-refractivity contribution in [1.29, 1.82) is 0 Å². The lowest BCUT2D eigenvalue weighted by Gasteiger charge is -2.09. The van der Waals surface area contributed by atoms with Gasteiger partial charge in [0.25, 0.3) is 0 Å². The van der Waals surface area contributed by atoms with E-state index >= 15 is 0 Å². The average Bonchev–Trinajstić information content (AvgIpc) is 2.26. The van der Waals surface area contributed by atoms with E-state index in [1.165, 1.54) is 0 Å². The first-order chi connectivity index (χ1) is 7.66. The molecule has 0 saturated heterocycles. The van der Waals surface area contributed by atoms with E-state index in [-0.39, 0.29) is 0 Å². The van der Waals surface area contributed by atoms with Crippen LogP contribution in [0.3, 0.4) is 0 Å². The third-order valence-corrected chi connectivity index (χ3v) is 2.61. The topological polar surface area (TPSA) is 78.1 Å². The van der Waals surface area contributed by atoms with Gasteiger partial charge in [0.1, 0.15) is 0 Å². The maximum atomic E-state index is 5.89. The fourth-order valence-corrected chi connectivity index (χ4v) is 1.67. The standard InChI is InChI=1S/C13H15N3/c14-10-6-4-9(5-7-10)8-11-12(15)2-1-3-13(11)16/h1-7H,8,14-16H2. The first-order valence-electron chi connectivity index (χ1n) is 5.14. The third-order valence-electron chi connectivity index (χ3n) is 2.61. The van der Waals surface area contributed by atoms with Gasteiger partial charge in [-0.2, -0.15) is 0 Å². The van der Waals surface area contributed by atoms with Crippen LogP contribution in [-0.2, 0) is 6.42 Å². The summed E-state index contributed by atoms with van der Waals surface area (Å²) in [5.74, 6) is 0. The summed E-state index contributed by atoms with van der Waals surface area (Å²) < 4.78 is 0. The molecule has 0 unspecified atom stereocenters. The van der Waals surface area contributed by atoms with E-state index in [4.69, 9.17) is 17.2 Å². The molecule has 82 valence electrons. The van der Waals surface area contributed by atoms with Crippen LogP contribution in [0.25, 0.3) is 0 Å². The molecular formula is C13H15N3. The van der Waals surface area contributed by atoms with Gasteiger partial charge >= 0.3 is 0 Å². The Hall–Kier alpha value is -2.16. The second-order valence-electron chi connectivity index (χ2n) is 3.83. The average molecular weight is 213 g/mol. The summed E-state index contributed by atoms with van der Waals surface area (Å²) in [6.07, 6.45) is 0.735. The largest absolute Gasteiger partial charge is 0.399 e. The molecule has 0 spiro atoms. The molecule has 0 aromatic heterocycles. The Bertz CT molecular complexity index is 469. The smallest absolute Gasteiger partial charge is 0.0370 e. The van der Waals surface area contributed by atoms with Crippen LogP contribution in [0.15, 0.2) is 42.5 Å². The summed E-state index contributed by atoms with van der Waals surface area (Å²) in [4.78, 5) is 0. The molecule has 6 N–H and O–H groups in total. The maximum Gasteiger partial charge on any atom is 0.0370 e. The number of anilines is 3. The van der Waals surface area contributed by atoms with E-state index in [1.807, 2.05) is 42.5 Å². The highest BCUT2D eigenvalue weighted by Crippen LogP contribution is 2.22. The Morgan fingerprint density at radius 3 is 1.88 bits per heavy atom. The van der Waals surface area contributed by atoms with E-state index < -0.39 is 0 Å². The number of hydrogen-bond donors (Lipinski definition) is 3. The molecule has 0 saturated carbocycles. The molecule has 0 amide bonds. The summed E-state index contributed by atoms with van der Waals surface area (Å²) >= 11 is 0. The highest BCUT2D eigenvalue weighted by Gasteiger charge is 2.04. The molecule has 16 heavy (non-hydrogen) atoms. The zero-order chi connectivity index (χ0) is 11.5. The Morgan fingerprint density at radius 2 is 1.31 bits per heavy atom. The molecular weight excluding hydrogens is 198 g/mol. The van der Waals surface area contributed by atoms with Crippen molar-refractivity contribution in [2.24, 2.45) is 0 Å². The van der Waals surface area contributed by atoms with Crippen molar-refractivity contribution < 1.29 is 0 Å². The summed E-state index contributed by atoms with van der Waals surface area (Å²) in [5, 5.41) is 0. The van der Waals surface area contributed by atoms with Gasteiger partial charge in [0.2, 0.25) is 0 Å². The van der Waals surface area contributed by atoms with Crippen LogP contribution in [0.2, 0.25) is 0 Å². The van der Waals surface area contributed by atoms with Crippen LogP contribution >= 0.6 is 0 Å². The van der Waals surface area contributed by atoms with Gasteiger partial charge in [-0.05, 0) is 29.8 Å². The van der Waals surface area contributed by atoms with E-state index in [1.54, 1.807) is 0 Å². The van der Waals surface area contributed by atoms with Crippen LogP contribution in [0.1, 0.15) is 11.1 Å². The first kappa shape index (κ1) is 10.4. The lowest BCUT2D eigenvalue weighted by molar-refractivity contribution is 1.20. The van der Waals surface area contributed by atoms with Gasteiger partial charge in [0, 0.05) is 29.0 Å². The predicted molar refractivity (Wildman–Crippen MR) is 68.9 cm³/mol. The van der Waals surface area contributed by atoms with E-state index in [2.05, 4.69) is 0 Å². The Labute approximate surface area is 94.9 Å². The number of hydrogen-bond acceptors (Lipinski definition) is 3.